The molecular weight excluding hydrogens is 348 g/mol. The fourth-order valence-electron chi connectivity index (χ4n) is 3.07. The number of pyridine rings is 1. The minimum Gasteiger partial charge on any atom is -0.348 e. The summed E-state index contributed by atoms with van der Waals surface area (Å²) in [5.41, 5.74) is 3.98. The van der Waals surface area contributed by atoms with Crippen LogP contribution in [-0.2, 0) is 13.1 Å². The minimum absolute atomic E-state index is 0.185. The first kappa shape index (κ1) is 19.6. The van der Waals surface area contributed by atoms with Gasteiger partial charge in [-0.25, -0.2) is 0 Å². The molecule has 1 aromatic heterocycles. The van der Waals surface area contributed by atoms with Crippen LogP contribution in [0.15, 0.2) is 71.7 Å². The van der Waals surface area contributed by atoms with Gasteiger partial charge in [-0.2, -0.15) is 0 Å². The normalized spacial score (nSPS) is 10.6. The van der Waals surface area contributed by atoms with Gasteiger partial charge in [0.05, 0.1) is 0 Å². The average Bonchev–Trinajstić information content (AvgIpc) is 2.72. The summed E-state index contributed by atoms with van der Waals surface area (Å²) in [6, 6.07) is 19.5. The number of carbonyl (C=O) groups excluding carboxylic acids is 1. The number of rotatable bonds is 7. The zero-order valence-corrected chi connectivity index (χ0v) is 16.4. The predicted molar refractivity (Wildman–Crippen MR) is 113 cm³/mol. The van der Waals surface area contributed by atoms with Crippen molar-refractivity contribution in [2.24, 2.45) is 0 Å². The maximum Gasteiger partial charge on any atom is 0.263 e. The standard InChI is InChI=1S/C24H26N2O2/c1-3-4-14-26-17-21(20-12-10-18(2)11-13-20)15-22(24(26)28)23(27)25-16-19-8-6-5-7-9-19/h5-13,15,17H,3-4,14,16H2,1-2H3,(H,25,27). The van der Waals surface area contributed by atoms with E-state index in [-0.39, 0.29) is 17.0 Å². The van der Waals surface area contributed by atoms with Crippen molar-refractivity contribution in [3.8, 4) is 11.1 Å². The van der Waals surface area contributed by atoms with Crippen molar-refractivity contribution >= 4 is 5.91 Å². The highest BCUT2D eigenvalue weighted by Crippen LogP contribution is 2.20. The second-order valence-corrected chi connectivity index (χ2v) is 7.03. The number of aromatic nitrogens is 1. The van der Waals surface area contributed by atoms with E-state index in [0.29, 0.717) is 13.1 Å². The smallest absolute Gasteiger partial charge is 0.263 e. The summed E-state index contributed by atoms with van der Waals surface area (Å²) in [7, 11) is 0. The van der Waals surface area contributed by atoms with Crippen molar-refractivity contribution in [2.45, 2.75) is 39.8 Å². The lowest BCUT2D eigenvalue weighted by Gasteiger charge is -2.12. The van der Waals surface area contributed by atoms with Crippen molar-refractivity contribution in [3.63, 3.8) is 0 Å². The number of hydrogen-bond donors (Lipinski definition) is 1. The van der Waals surface area contributed by atoms with Crippen molar-refractivity contribution in [2.75, 3.05) is 0 Å². The van der Waals surface area contributed by atoms with Gasteiger partial charge >= 0.3 is 0 Å². The molecule has 0 unspecified atom stereocenters. The first-order valence-electron chi connectivity index (χ1n) is 9.72. The third-order valence-electron chi connectivity index (χ3n) is 4.76. The summed E-state index contributed by atoms with van der Waals surface area (Å²) in [6.07, 6.45) is 3.73. The van der Waals surface area contributed by atoms with E-state index >= 15 is 0 Å². The Balaban J connectivity index is 1.93. The lowest BCUT2D eigenvalue weighted by atomic mass is 10.0. The van der Waals surface area contributed by atoms with Crippen LogP contribution in [0.3, 0.4) is 0 Å². The summed E-state index contributed by atoms with van der Waals surface area (Å²) in [5, 5.41) is 2.87. The Morgan fingerprint density at radius 1 is 1.00 bits per heavy atom. The molecule has 0 aliphatic rings. The molecule has 0 bridgehead atoms. The summed E-state index contributed by atoms with van der Waals surface area (Å²) >= 11 is 0. The van der Waals surface area contributed by atoms with Crippen LogP contribution in [0.1, 0.15) is 41.3 Å². The number of unbranched alkanes of at least 4 members (excludes halogenated alkanes) is 1. The van der Waals surface area contributed by atoms with Gasteiger partial charge in [-0.15, -0.1) is 0 Å². The highest BCUT2D eigenvalue weighted by Gasteiger charge is 2.15. The van der Waals surface area contributed by atoms with Gasteiger partial charge in [-0.3, -0.25) is 9.59 Å². The van der Waals surface area contributed by atoms with Crippen LogP contribution in [0.2, 0.25) is 0 Å². The maximum absolute atomic E-state index is 12.9. The molecule has 0 atom stereocenters. The lowest BCUT2D eigenvalue weighted by molar-refractivity contribution is 0.0949. The molecule has 0 spiro atoms. The zero-order chi connectivity index (χ0) is 19.9. The number of carbonyl (C=O) groups is 1. The maximum atomic E-state index is 12.9. The number of benzene rings is 2. The molecule has 0 saturated carbocycles. The molecule has 28 heavy (non-hydrogen) atoms. The Kier molecular flexibility index (Phi) is 6.43. The number of hydrogen-bond acceptors (Lipinski definition) is 2. The Morgan fingerprint density at radius 3 is 2.39 bits per heavy atom. The van der Waals surface area contributed by atoms with Gasteiger partial charge in [-0.05, 0) is 36.1 Å². The van der Waals surface area contributed by atoms with E-state index in [4.69, 9.17) is 0 Å². The first-order valence-corrected chi connectivity index (χ1v) is 9.72. The van der Waals surface area contributed by atoms with Gasteiger partial charge < -0.3 is 9.88 Å². The molecule has 0 radical (unpaired) electrons. The zero-order valence-electron chi connectivity index (χ0n) is 16.4. The van der Waals surface area contributed by atoms with Crippen LogP contribution >= 0.6 is 0 Å². The molecule has 4 heteroatoms. The van der Waals surface area contributed by atoms with Crippen LogP contribution in [0.5, 0.6) is 0 Å². The molecule has 4 nitrogen and oxygen atoms in total. The molecule has 3 rings (SSSR count). The highest BCUT2D eigenvalue weighted by atomic mass is 16.2. The molecule has 1 heterocycles. The van der Waals surface area contributed by atoms with E-state index in [1.54, 1.807) is 10.6 Å². The van der Waals surface area contributed by atoms with Crippen LogP contribution in [0, 0.1) is 6.92 Å². The number of nitrogens with one attached hydrogen (secondary N) is 1. The van der Waals surface area contributed by atoms with Crippen molar-refractivity contribution in [1.29, 1.82) is 0 Å². The Hall–Kier alpha value is -3.14. The van der Waals surface area contributed by atoms with E-state index < -0.39 is 0 Å². The third kappa shape index (κ3) is 4.77. The van der Waals surface area contributed by atoms with Crippen molar-refractivity contribution in [3.05, 3.63) is 93.9 Å². The van der Waals surface area contributed by atoms with Crippen LogP contribution < -0.4 is 10.9 Å². The van der Waals surface area contributed by atoms with E-state index in [9.17, 15) is 9.59 Å². The Labute approximate surface area is 165 Å². The molecule has 1 amide bonds. The topological polar surface area (TPSA) is 51.1 Å². The van der Waals surface area contributed by atoms with Gasteiger partial charge in [0.15, 0.2) is 0 Å². The minimum atomic E-state index is -0.340. The van der Waals surface area contributed by atoms with Gasteiger partial charge in [0.25, 0.3) is 11.5 Å². The highest BCUT2D eigenvalue weighted by molar-refractivity contribution is 5.95. The Morgan fingerprint density at radius 2 is 1.71 bits per heavy atom. The molecular formula is C24H26N2O2. The van der Waals surface area contributed by atoms with Gasteiger partial charge in [-0.1, -0.05) is 73.5 Å². The second-order valence-electron chi connectivity index (χ2n) is 7.03. The third-order valence-corrected chi connectivity index (χ3v) is 4.76. The molecule has 0 aliphatic carbocycles. The SMILES string of the molecule is CCCCn1cc(-c2ccc(C)cc2)cc(C(=O)NCc2ccccc2)c1=O. The monoisotopic (exact) mass is 374 g/mol. The fraction of sp³-hybridized carbons (Fsp3) is 0.250. The largest absolute Gasteiger partial charge is 0.348 e. The van der Waals surface area contributed by atoms with Crippen molar-refractivity contribution in [1.82, 2.24) is 9.88 Å². The molecule has 0 saturated heterocycles. The summed E-state index contributed by atoms with van der Waals surface area (Å²) in [4.78, 5) is 25.6. The molecule has 144 valence electrons. The van der Waals surface area contributed by atoms with E-state index in [0.717, 1.165) is 29.5 Å². The van der Waals surface area contributed by atoms with E-state index in [1.165, 1.54) is 5.56 Å². The first-order chi connectivity index (χ1) is 13.6. The van der Waals surface area contributed by atoms with Crippen molar-refractivity contribution < 1.29 is 4.79 Å². The van der Waals surface area contributed by atoms with Crippen LogP contribution in [-0.4, -0.2) is 10.5 Å². The summed E-state index contributed by atoms with van der Waals surface area (Å²) in [5.74, 6) is -0.340. The summed E-state index contributed by atoms with van der Waals surface area (Å²) in [6.45, 7) is 5.12. The Bertz CT molecular complexity index is 989. The van der Waals surface area contributed by atoms with E-state index in [1.807, 2.05) is 67.7 Å². The lowest BCUT2D eigenvalue weighted by Crippen LogP contribution is -2.33. The van der Waals surface area contributed by atoms with Crippen LogP contribution in [0.4, 0.5) is 0 Å². The van der Waals surface area contributed by atoms with Gasteiger partial charge in [0, 0.05) is 19.3 Å². The predicted octanol–water partition coefficient (Wildman–Crippen LogP) is 4.55. The number of aryl methyl sites for hydroxylation is 2. The average molecular weight is 374 g/mol. The number of amides is 1. The second kappa shape index (κ2) is 9.18. The quantitative estimate of drug-likeness (QED) is 0.659. The molecule has 1 N–H and O–H groups in total. The van der Waals surface area contributed by atoms with Crippen LogP contribution in [0.25, 0.3) is 11.1 Å². The van der Waals surface area contributed by atoms with E-state index in [2.05, 4.69) is 12.2 Å². The molecule has 0 aliphatic heterocycles. The number of nitrogens with zero attached hydrogens (tertiary/aromatic N) is 1. The van der Waals surface area contributed by atoms with Gasteiger partial charge in [0.2, 0.25) is 0 Å². The fourth-order valence-corrected chi connectivity index (χ4v) is 3.07. The molecule has 3 aromatic rings. The molecule has 2 aromatic carbocycles. The van der Waals surface area contributed by atoms with Gasteiger partial charge in [0.1, 0.15) is 5.56 Å². The summed E-state index contributed by atoms with van der Waals surface area (Å²) < 4.78 is 1.66. The molecule has 0 fully saturated rings.